The van der Waals surface area contributed by atoms with Gasteiger partial charge in [0.2, 0.25) is 0 Å². The molecule has 0 spiro atoms. The third-order valence-electron chi connectivity index (χ3n) is 3.32. The predicted octanol–water partition coefficient (Wildman–Crippen LogP) is 3.31. The second-order valence-electron chi connectivity index (χ2n) is 5.11. The number of amides is 1. The van der Waals surface area contributed by atoms with Crippen molar-refractivity contribution >= 4 is 29.3 Å². The van der Waals surface area contributed by atoms with Crippen molar-refractivity contribution in [3.63, 3.8) is 0 Å². The highest BCUT2D eigenvalue weighted by atomic mass is 32.2. The minimum absolute atomic E-state index is 0.156. The molecule has 25 heavy (non-hydrogen) atoms. The molecule has 0 aliphatic carbocycles. The Balaban J connectivity index is 2.05. The van der Waals surface area contributed by atoms with E-state index < -0.39 is 5.97 Å². The summed E-state index contributed by atoms with van der Waals surface area (Å²) < 4.78 is 9.86. The second-order valence-corrected chi connectivity index (χ2v) is 6.40. The number of carbonyl (C=O) groups excluding carboxylic acids is 2. The fourth-order valence-corrected chi connectivity index (χ4v) is 2.68. The number of nitrogens with zero attached hydrogens (tertiary/aromatic N) is 1. The molecule has 1 aromatic heterocycles. The van der Waals surface area contributed by atoms with Crippen LogP contribution < -0.4 is 10.1 Å². The number of aromatic nitrogens is 1. The normalized spacial score (nSPS) is 10.2. The molecule has 0 unspecified atom stereocenters. The third-order valence-corrected chi connectivity index (χ3v) is 4.13. The number of methoxy groups -OCH3 is 1. The Labute approximate surface area is 150 Å². The number of aryl methyl sites for hydroxylation is 1. The number of ether oxygens (including phenoxy) is 2. The Morgan fingerprint density at radius 3 is 2.72 bits per heavy atom. The summed E-state index contributed by atoms with van der Waals surface area (Å²) in [5.41, 5.74) is 2.06. The zero-order chi connectivity index (χ0) is 18.2. The highest BCUT2D eigenvalue weighted by molar-refractivity contribution is 7.99. The van der Waals surface area contributed by atoms with Crippen LogP contribution in [-0.2, 0) is 9.53 Å². The highest BCUT2D eigenvalue weighted by Crippen LogP contribution is 2.22. The number of benzene rings is 1. The van der Waals surface area contributed by atoms with Gasteiger partial charge >= 0.3 is 5.97 Å². The molecule has 0 aliphatic rings. The van der Waals surface area contributed by atoms with Crippen LogP contribution in [0.3, 0.4) is 0 Å². The van der Waals surface area contributed by atoms with Crippen molar-refractivity contribution in [2.75, 3.05) is 24.8 Å². The molecular weight excluding hydrogens is 340 g/mol. The number of esters is 1. The van der Waals surface area contributed by atoms with Gasteiger partial charge in [0.25, 0.3) is 5.91 Å². The first-order chi connectivity index (χ1) is 12.0. The van der Waals surface area contributed by atoms with Gasteiger partial charge in [0.05, 0.1) is 12.1 Å². The smallest absolute Gasteiger partial charge is 0.343 e. The first-order valence-electron chi connectivity index (χ1n) is 7.74. The molecule has 0 saturated heterocycles. The van der Waals surface area contributed by atoms with Gasteiger partial charge in [-0.2, -0.15) is 0 Å². The van der Waals surface area contributed by atoms with Gasteiger partial charge in [-0.3, -0.25) is 4.79 Å². The van der Waals surface area contributed by atoms with E-state index in [2.05, 4.69) is 15.0 Å². The zero-order valence-corrected chi connectivity index (χ0v) is 15.2. The van der Waals surface area contributed by atoms with Crippen LogP contribution in [0.5, 0.6) is 5.75 Å². The molecule has 2 aromatic rings. The van der Waals surface area contributed by atoms with Gasteiger partial charge in [-0.1, -0.05) is 6.92 Å². The summed E-state index contributed by atoms with van der Waals surface area (Å²) >= 11 is 1.58. The molecule has 0 fully saturated rings. The van der Waals surface area contributed by atoms with Crippen molar-refractivity contribution in [1.29, 1.82) is 0 Å². The molecule has 7 heteroatoms. The van der Waals surface area contributed by atoms with E-state index in [0.29, 0.717) is 17.0 Å². The van der Waals surface area contributed by atoms with Gasteiger partial charge in [-0.15, -0.1) is 11.8 Å². The van der Waals surface area contributed by atoms with E-state index in [1.807, 2.05) is 13.8 Å². The number of nitrogens with one attached hydrogen (secondary N) is 1. The van der Waals surface area contributed by atoms with E-state index in [0.717, 1.165) is 16.3 Å². The van der Waals surface area contributed by atoms with Gasteiger partial charge < -0.3 is 14.8 Å². The van der Waals surface area contributed by atoms with Gasteiger partial charge in [-0.25, -0.2) is 9.78 Å². The number of thioether (sulfide) groups is 1. The molecule has 0 aliphatic heterocycles. The standard InChI is InChI=1S/C18H20N2O4S/c1-4-25-16-10-13(7-8-19-16)18(22)20-15-6-5-14(9-12(15)2)24-11-17(21)23-3/h5-10H,4,11H2,1-3H3,(H,20,22). The van der Waals surface area contributed by atoms with Crippen LogP contribution in [0, 0.1) is 6.92 Å². The highest BCUT2D eigenvalue weighted by Gasteiger charge is 2.10. The van der Waals surface area contributed by atoms with E-state index in [1.54, 1.807) is 48.3 Å². The fourth-order valence-electron chi connectivity index (χ4n) is 2.04. The summed E-state index contributed by atoms with van der Waals surface area (Å²) in [7, 11) is 1.30. The Hall–Kier alpha value is -2.54. The van der Waals surface area contributed by atoms with Crippen molar-refractivity contribution in [3.05, 3.63) is 47.7 Å². The lowest BCUT2D eigenvalue weighted by Gasteiger charge is -2.11. The fraction of sp³-hybridized carbons (Fsp3) is 0.278. The third kappa shape index (κ3) is 5.49. The van der Waals surface area contributed by atoms with E-state index in [1.165, 1.54) is 7.11 Å². The Kier molecular flexibility index (Phi) is 6.82. The van der Waals surface area contributed by atoms with Crippen LogP contribution in [0.1, 0.15) is 22.8 Å². The summed E-state index contributed by atoms with van der Waals surface area (Å²) in [5, 5.41) is 3.69. The zero-order valence-electron chi connectivity index (χ0n) is 14.4. The Morgan fingerprint density at radius 1 is 1.24 bits per heavy atom. The molecule has 0 radical (unpaired) electrons. The van der Waals surface area contributed by atoms with Crippen LogP contribution in [0.25, 0.3) is 0 Å². The maximum atomic E-state index is 12.4. The van der Waals surface area contributed by atoms with Crippen LogP contribution in [-0.4, -0.2) is 36.3 Å². The molecule has 0 saturated carbocycles. The van der Waals surface area contributed by atoms with Gasteiger partial charge in [0.15, 0.2) is 6.61 Å². The van der Waals surface area contributed by atoms with E-state index in [9.17, 15) is 9.59 Å². The molecule has 1 N–H and O–H groups in total. The van der Waals surface area contributed by atoms with Crippen molar-refractivity contribution in [1.82, 2.24) is 4.98 Å². The maximum absolute atomic E-state index is 12.4. The molecule has 132 valence electrons. The van der Waals surface area contributed by atoms with Crippen LogP contribution in [0.4, 0.5) is 5.69 Å². The topological polar surface area (TPSA) is 77.5 Å². The van der Waals surface area contributed by atoms with Gasteiger partial charge in [-0.05, 0) is 48.6 Å². The summed E-state index contributed by atoms with van der Waals surface area (Å²) in [6.07, 6.45) is 1.63. The van der Waals surface area contributed by atoms with Crippen LogP contribution in [0.15, 0.2) is 41.6 Å². The number of carbonyl (C=O) groups is 2. The van der Waals surface area contributed by atoms with Crippen LogP contribution in [0.2, 0.25) is 0 Å². The molecule has 6 nitrogen and oxygen atoms in total. The van der Waals surface area contributed by atoms with Crippen LogP contribution >= 0.6 is 11.8 Å². The second kappa shape index (κ2) is 9.08. The van der Waals surface area contributed by atoms with Gasteiger partial charge in [0.1, 0.15) is 5.75 Å². The average Bonchev–Trinajstić information content (AvgIpc) is 2.62. The van der Waals surface area contributed by atoms with Gasteiger partial charge in [0, 0.05) is 17.4 Å². The lowest BCUT2D eigenvalue weighted by molar-refractivity contribution is -0.142. The van der Waals surface area contributed by atoms with E-state index in [-0.39, 0.29) is 12.5 Å². The molecule has 2 rings (SSSR count). The quantitative estimate of drug-likeness (QED) is 0.603. The lowest BCUT2D eigenvalue weighted by Crippen LogP contribution is -2.14. The Bertz CT molecular complexity index is 764. The molecule has 0 atom stereocenters. The van der Waals surface area contributed by atoms with Crippen molar-refractivity contribution in [2.24, 2.45) is 0 Å². The number of anilines is 1. The predicted molar refractivity (Wildman–Crippen MR) is 97.3 cm³/mol. The SMILES string of the molecule is CCSc1cc(C(=O)Nc2ccc(OCC(=O)OC)cc2C)ccn1. The average molecular weight is 360 g/mol. The van der Waals surface area contributed by atoms with Crippen molar-refractivity contribution < 1.29 is 19.1 Å². The Morgan fingerprint density at radius 2 is 2.04 bits per heavy atom. The first kappa shape index (κ1) is 18.8. The number of hydrogen-bond donors (Lipinski definition) is 1. The summed E-state index contributed by atoms with van der Waals surface area (Å²) in [4.78, 5) is 27.7. The summed E-state index contributed by atoms with van der Waals surface area (Å²) in [6.45, 7) is 3.73. The summed E-state index contributed by atoms with van der Waals surface area (Å²) in [5.74, 6) is 0.774. The molecular formula is C18H20N2O4S. The molecule has 0 bridgehead atoms. The molecule has 1 heterocycles. The number of pyridine rings is 1. The number of hydrogen-bond acceptors (Lipinski definition) is 6. The van der Waals surface area contributed by atoms with Crippen molar-refractivity contribution in [3.8, 4) is 5.75 Å². The molecule has 1 amide bonds. The van der Waals surface area contributed by atoms with E-state index >= 15 is 0 Å². The van der Waals surface area contributed by atoms with Crippen molar-refractivity contribution in [2.45, 2.75) is 18.9 Å². The monoisotopic (exact) mass is 360 g/mol. The first-order valence-corrected chi connectivity index (χ1v) is 8.72. The maximum Gasteiger partial charge on any atom is 0.343 e. The largest absolute Gasteiger partial charge is 0.482 e. The van der Waals surface area contributed by atoms with E-state index in [4.69, 9.17) is 4.74 Å². The minimum atomic E-state index is -0.450. The summed E-state index contributed by atoms with van der Waals surface area (Å²) in [6, 6.07) is 8.63. The molecule has 1 aromatic carbocycles. The number of rotatable bonds is 7. The lowest BCUT2D eigenvalue weighted by atomic mass is 10.1. The minimum Gasteiger partial charge on any atom is -0.482 e.